The predicted octanol–water partition coefficient (Wildman–Crippen LogP) is 4.77. The molecule has 0 saturated heterocycles. The van der Waals surface area contributed by atoms with Crippen LogP contribution in [0, 0.1) is 0 Å². The van der Waals surface area contributed by atoms with Crippen LogP contribution in [0.5, 0.6) is 5.88 Å². The van der Waals surface area contributed by atoms with E-state index in [0.29, 0.717) is 51.0 Å². The highest BCUT2D eigenvalue weighted by atomic mass is 35.5. The zero-order valence-corrected chi connectivity index (χ0v) is 21.2. The van der Waals surface area contributed by atoms with E-state index in [1.54, 1.807) is 36.1 Å². The summed E-state index contributed by atoms with van der Waals surface area (Å²) < 4.78 is 0. The van der Waals surface area contributed by atoms with Gasteiger partial charge in [-0.1, -0.05) is 23.7 Å². The van der Waals surface area contributed by atoms with Crippen LogP contribution in [-0.4, -0.2) is 53.8 Å². The minimum atomic E-state index is -0.0375. The molecule has 0 aliphatic rings. The molecule has 0 spiro atoms. The van der Waals surface area contributed by atoms with Gasteiger partial charge in [-0.3, -0.25) is 4.79 Å². The van der Waals surface area contributed by atoms with Gasteiger partial charge in [0.15, 0.2) is 5.88 Å². The fourth-order valence-corrected chi connectivity index (χ4v) is 4.16. The number of nitrogens with zero attached hydrogens (tertiary/aromatic N) is 3. The maximum atomic E-state index is 12.2. The Hall–Kier alpha value is -4.01. The van der Waals surface area contributed by atoms with Gasteiger partial charge in [0.2, 0.25) is 5.91 Å². The van der Waals surface area contributed by atoms with Gasteiger partial charge in [0.05, 0.1) is 33.9 Å². The van der Waals surface area contributed by atoms with Gasteiger partial charge < -0.3 is 31.4 Å². The number of carbonyl (C=O) groups is 1. The summed E-state index contributed by atoms with van der Waals surface area (Å²) in [5, 5.41) is 12.2. The first kappa shape index (κ1) is 25.1. The molecule has 36 heavy (non-hydrogen) atoms. The highest BCUT2D eigenvalue weighted by molar-refractivity contribution is 6.31. The summed E-state index contributed by atoms with van der Waals surface area (Å²) in [6.45, 7) is 2.87. The number of amides is 1. The highest BCUT2D eigenvalue weighted by Gasteiger charge is 2.20. The Balaban J connectivity index is 1.81. The molecule has 0 fully saturated rings. The van der Waals surface area contributed by atoms with E-state index in [1.807, 2.05) is 55.4 Å². The van der Waals surface area contributed by atoms with Crippen molar-refractivity contribution in [2.45, 2.75) is 6.92 Å². The number of hydrogen-bond donors (Lipinski definition) is 4. The summed E-state index contributed by atoms with van der Waals surface area (Å²) in [4.78, 5) is 23.8. The molecule has 0 saturated carbocycles. The minimum absolute atomic E-state index is 0.0338. The lowest BCUT2D eigenvalue weighted by Crippen LogP contribution is -2.35. The molecule has 0 aliphatic heterocycles. The number of aromatic nitrogens is 1. The van der Waals surface area contributed by atoms with E-state index in [9.17, 15) is 9.90 Å². The van der Waals surface area contributed by atoms with Crippen LogP contribution in [0.4, 0.5) is 22.7 Å². The molecule has 9 heteroatoms. The molecule has 6 N–H and O–H groups in total. The van der Waals surface area contributed by atoms with E-state index in [4.69, 9.17) is 28.1 Å². The van der Waals surface area contributed by atoms with Crippen LogP contribution in [0.15, 0.2) is 65.7 Å². The summed E-state index contributed by atoms with van der Waals surface area (Å²) in [6.07, 6.45) is 0. The first-order valence-electron chi connectivity index (χ1n) is 11.4. The molecule has 0 unspecified atom stereocenters. The Morgan fingerprint density at radius 2 is 1.72 bits per heavy atom. The number of aromatic amines is 1. The van der Waals surface area contributed by atoms with Gasteiger partial charge in [0.25, 0.3) is 0 Å². The number of carbonyl (C=O) groups excluding carboxylic acids is 1. The molecule has 1 aromatic heterocycles. The molecule has 3 aromatic carbocycles. The topological polar surface area (TPSA) is 124 Å². The zero-order valence-electron chi connectivity index (χ0n) is 20.4. The molecular formula is C27H29ClN6O2. The molecule has 4 aromatic rings. The number of likely N-dealkylation sites (N-methyl/N-ethyl adjacent to an activating group) is 1. The maximum Gasteiger partial charge on any atom is 0.223 e. The standard InChI is InChI=1S/C27H29ClN6O2/c1-16(35)34(13-12-33(2)3)20-8-6-19(7-9-20)31-26(17-4-11-22(29)23(30)14-17)25-21-10-5-18(28)15-24(21)32-27(25)36/h4-11,14-15,32,36H,12-13,29-30H2,1-3H3. The maximum absolute atomic E-state index is 12.2. The molecule has 0 bridgehead atoms. The Labute approximate surface area is 214 Å². The molecule has 4 rings (SSSR count). The Kier molecular flexibility index (Phi) is 7.19. The fourth-order valence-electron chi connectivity index (χ4n) is 3.99. The molecule has 186 valence electrons. The van der Waals surface area contributed by atoms with Gasteiger partial charge in [0.1, 0.15) is 0 Å². The molecule has 1 heterocycles. The van der Waals surface area contributed by atoms with Crippen LogP contribution in [0.1, 0.15) is 18.1 Å². The highest BCUT2D eigenvalue weighted by Crippen LogP contribution is 2.34. The molecule has 0 radical (unpaired) electrons. The summed E-state index contributed by atoms with van der Waals surface area (Å²) in [6, 6.07) is 18.0. The number of nitrogens with two attached hydrogens (primary N) is 2. The predicted molar refractivity (Wildman–Crippen MR) is 149 cm³/mol. The summed E-state index contributed by atoms with van der Waals surface area (Å²) in [5.74, 6) is -0.0713. The number of anilines is 3. The SMILES string of the molecule is CC(=O)N(CCN(C)C)c1ccc(N=C(c2ccc(N)c(N)c2)c2c(O)[nH]c3cc(Cl)ccc23)cc1. The van der Waals surface area contributed by atoms with Gasteiger partial charge in [0, 0.05) is 41.7 Å². The third-order valence-electron chi connectivity index (χ3n) is 5.89. The number of benzene rings is 3. The normalized spacial score (nSPS) is 11.9. The first-order chi connectivity index (χ1) is 17.1. The lowest BCUT2D eigenvalue weighted by molar-refractivity contribution is -0.116. The second-order valence-electron chi connectivity index (χ2n) is 8.83. The number of nitrogen functional groups attached to an aromatic ring is 2. The van der Waals surface area contributed by atoms with Gasteiger partial charge in [-0.05, 0) is 62.6 Å². The average molecular weight is 505 g/mol. The number of aliphatic imine (C=N–C) groups is 1. The smallest absolute Gasteiger partial charge is 0.223 e. The summed E-state index contributed by atoms with van der Waals surface area (Å²) in [5.41, 5.74) is 16.7. The number of hydrogen-bond acceptors (Lipinski definition) is 6. The van der Waals surface area contributed by atoms with E-state index in [-0.39, 0.29) is 11.8 Å². The van der Waals surface area contributed by atoms with Crippen molar-refractivity contribution in [1.29, 1.82) is 0 Å². The molecule has 0 aliphatic carbocycles. The van der Waals surface area contributed by atoms with E-state index >= 15 is 0 Å². The van der Waals surface area contributed by atoms with Crippen LogP contribution >= 0.6 is 11.6 Å². The number of rotatable bonds is 7. The van der Waals surface area contributed by atoms with Crippen molar-refractivity contribution in [2.75, 3.05) is 43.6 Å². The summed E-state index contributed by atoms with van der Waals surface area (Å²) in [7, 11) is 3.94. The quantitative estimate of drug-likeness (QED) is 0.213. The van der Waals surface area contributed by atoms with Crippen molar-refractivity contribution in [3.8, 4) is 5.88 Å². The number of H-pyrrole nitrogens is 1. The van der Waals surface area contributed by atoms with Crippen molar-refractivity contribution >= 4 is 56.9 Å². The monoisotopic (exact) mass is 504 g/mol. The minimum Gasteiger partial charge on any atom is -0.494 e. The van der Waals surface area contributed by atoms with Crippen molar-refractivity contribution in [3.05, 3.63) is 76.8 Å². The third kappa shape index (κ3) is 5.30. The fraction of sp³-hybridized carbons (Fsp3) is 0.185. The third-order valence-corrected chi connectivity index (χ3v) is 6.13. The van der Waals surface area contributed by atoms with Gasteiger partial charge >= 0.3 is 0 Å². The van der Waals surface area contributed by atoms with E-state index < -0.39 is 0 Å². The lowest BCUT2D eigenvalue weighted by atomic mass is 10.00. The lowest BCUT2D eigenvalue weighted by Gasteiger charge is -2.23. The van der Waals surface area contributed by atoms with Gasteiger partial charge in [-0.15, -0.1) is 0 Å². The second-order valence-corrected chi connectivity index (χ2v) is 9.27. The molecule has 0 atom stereocenters. The van der Waals surface area contributed by atoms with Crippen molar-refractivity contribution < 1.29 is 9.90 Å². The average Bonchev–Trinajstić information content (AvgIpc) is 3.14. The zero-order chi connectivity index (χ0) is 26.0. The van der Waals surface area contributed by atoms with E-state index in [0.717, 1.165) is 17.6 Å². The number of nitrogens with one attached hydrogen (secondary N) is 1. The Morgan fingerprint density at radius 3 is 2.36 bits per heavy atom. The molecule has 1 amide bonds. The van der Waals surface area contributed by atoms with Crippen LogP contribution in [0.25, 0.3) is 10.9 Å². The summed E-state index contributed by atoms with van der Waals surface area (Å²) >= 11 is 6.15. The van der Waals surface area contributed by atoms with E-state index in [1.165, 1.54) is 0 Å². The van der Waals surface area contributed by atoms with Crippen LogP contribution in [-0.2, 0) is 4.79 Å². The van der Waals surface area contributed by atoms with Crippen LogP contribution in [0.2, 0.25) is 5.02 Å². The van der Waals surface area contributed by atoms with Crippen molar-refractivity contribution in [3.63, 3.8) is 0 Å². The second kappa shape index (κ2) is 10.3. The van der Waals surface area contributed by atoms with Gasteiger partial charge in [-0.2, -0.15) is 0 Å². The molecule has 8 nitrogen and oxygen atoms in total. The van der Waals surface area contributed by atoms with Crippen molar-refractivity contribution in [1.82, 2.24) is 9.88 Å². The number of fused-ring (bicyclic) bond motifs is 1. The van der Waals surface area contributed by atoms with E-state index in [2.05, 4.69) is 4.98 Å². The first-order valence-corrected chi connectivity index (χ1v) is 11.8. The van der Waals surface area contributed by atoms with Gasteiger partial charge in [-0.25, -0.2) is 4.99 Å². The molecular weight excluding hydrogens is 476 g/mol. The van der Waals surface area contributed by atoms with Crippen LogP contribution < -0.4 is 16.4 Å². The largest absolute Gasteiger partial charge is 0.494 e. The Bertz CT molecular complexity index is 1440. The van der Waals surface area contributed by atoms with Crippen LogP contribution in [0.3, 0.4) is 0 Å². The Morgan fingerprint density at radius 1 is 1.00 bits per heavy atom. The number of aromatic hydroxyl groups is 1. The number of halogens is 1. The van der Waals surface area contributed by atoms with Crippen molar-refractivity contribution in [2.24, 2.45) is 4.99 Å².